The second-order valence-electron chi connectivity index (χ2n) is 16.4. The molecule has 5 aromatic rings. The number of fused-ring (bicyclic) bond motifs is 1. The van der Waals surface area contributed by atoms with Crippen molar-refractivity contribution >= 4 is 16.9 Å². The molecule has 8 nitrogen and oxygen atoms in total. The SMILES string of the molecule is CCCCCCCCCC(=O)N1CCN(CCCC#Cc2cccc(Cn3c(-c4ccccc4)c(-c4ccccc4)c4c(=N)n(C5CCC(O)CC5)cnc43)c2)CC1. The summed E-state index contributed by atoms with van der Waals surface area (Å²) in [6.45, 7) is 7.42. The Morgan fingerprint density at radius 3 is 2.22 bits per heavy atom. The highest BCUT2D eigenvalue weighted by molar-refractivity contribution is 6.02. The Hall–Kier alpha value is -4.97. The summed E-state index contributed by atoms with van der Waals surface area (Å²) in [7, 11) is 0. The lowest BCUT2D eigenvalue weighted by atomic mass is 9.93. The van der Waals surface area contributed by atoms with Gasteiger partial charge < -0.3 is 19.1 Å². The van der Waals surface area contributed by atoms with E-state index in [9.17, 15) is 15.3 Å². The van der Waals surface area contributed by atoms with Crippen LogP contribution < -0.4 is 5.49 Å². The number of carbonyl (C=O) groups is 1. The zero-order valence-electron chi connectivity index (χ0n) is 34.5. The van der Waals surface area contributed by atoms with Gasteiger partial charge in [-0.1, -0.05) is 130 Å². The fourth-order valence-corrected chi connectivity index (χ4v) is 8.92. The molecule has 0 radical (unpaired) electrons. The summed E-state index contributed by atoms with van der Waals surface area (Å²) < 4.78 is 4.32. The smallest absolute Gasteiger partial charge is 0.222 e. The maximum Gasteiger partial charge on any atom is 0.222 e. The van der Waals surface area contributed by atoms with Gasteiger partial charge >= 0.3 is 0 Å². The van der Waals surface area contributed by atoms with Crippen molar-refractivity contribution in [1.29, 1.82) is 5.41 Å². The number of aromatic nitrogens is 3. The Morgan fingerprint density at radius 1 is 0.810 bits per heavy atom. The molecular formula is C50H62N6O2. The van der Waals surface area contributed by atoms with Gasteiger partial charge in [-0.3, -0.25) is 15.1 Å². The van der Waals surface area contributed by atoms with Crippen molar-refractivity contribution in [2.24, 2.45) is 0 Å². The molecule has 8 heteroatoms. The highest BCUT2D eigenvalue weighted by atomic mass is 16.3. The van der Waals surface area contributed by atoms with Crippen LogP contribution in [-0.4, -0.2) is 73.8 Å². The molecule has 304 valence electrons. The van der Waals surface area contributed by atoms with E-state index in [4.69, 9.17) is 4.98 Å². The molecule has 2 aromatic heterocycles. The van der Waals surface area contributed by atoms with Gasteiger partial charge in [0.05, 0.1) is 23.5 Å². The molecule has 2 N–H and O–H groups in total. The quantitative estimate of drug-likeness (QED) is 0.0772. The van der Waals surface area contributed by atoms with E-state index in [1.807, 2.05) is 23.0 Å². The van der Waals surface area contributed by atoms with Gasteiger partial charge in [-0.15, -0.1) is 0 Å². The molecule has 0 bridgehead atoms. The standard InChI is InChI=1S/C50H62N6O2/c1-2-3-4-5-6-7-16-26-45(58)54-34-32-53(33-35-54)31-17-10-11-19-39-20-18-21-40(36-39)37-55-48(42-24-14-9-15-25-42)46(41-22-12-8-13-23-41)47-49(51)56(38-52-50(47)55)43-27-29-44(57)30-28-43/h8-9,12-15,18,20-25,36,38,43-44,51,57H,2-7,10,16-17,26-35,37H2,1H3. The van der Waals surface area contributed by atoms with Crippen LogP contribution in [0.1, 0.15) is 114 Å². The minimum Gasteiger partial charge on any atom is -0.393 e. The van der Waals surface area contributed by atoms with Crippen molar-refractivity contribution in [3.63, 3.8) is 0 Å². The van der Waals surface area contributed by atoms with Gasteiger partial charge in [-0.2, -0.15) is 0 Å². The van der Waals surface area contributed by atoms with Gasteiger partial charge in [0.15, 0.2) is 0 Å². The number of nitrogens with one attached hydrogen (secondary N) is 1. The van der Waals surface area contributed by atoms with Crippen LogP contribution in [-0.2, 0) is 11.3 Å². The summed E-state index contributed by atoms with van der Waals surface area (Å²) in [5.74, 6) is 7.22. The van der Waals surface area contributed by atoms with Crippen LogP contribution in [0.15, 0.2) is 91.3 Å². The summed E-state index contributed by atoms with van der Waals surface area (Å²) in [4.78, 5) is 22.4. The molecule has 1 amide bonds. The first-order valence-electron chi connectivity index (χ1n) is 22.0. The zero-order chi connectivity index (χ0) is 40.1. The first-order chi connectivity index (χ1) is 28.5. The summed E-state index contributed by atoms with van der Waals surface area (Å²) in [6, 6.07) is 29.6. The fraction of sp³-hybridized carbons (Fsp3) is 0.460. The molecule has 0 atom stereocenters. The van der Waals surface area contributed by atoms with Crippen LogP contribution in [0.3, 0.4) is 0 Å². The number of carbonyl (C=O) groups excluding carboxylic acids is 1. The molecule has 1 aliphatic carbocycles. The van der Waals surface area contributed by atoms with Crippen LogP contribution in [0.2, 0.25) is 0 Å². The molecule has 58 heavy (non-hydrogen) atoms. The topological polar surface area (TPSA) is 90.4 Å². The van der Waals surface area contributed by atoms with Crippen molar-refractivity contribution in [3.8, 4) is 34.2 Å². The molecule has 7 rings (SSSR count). The van der Waals surface area contributed by atoms with Crippen molar-refractivity contribution in [2.45, 2.75) is 116 Å². The number of hydrogen-bond donors (Lipinski definition) is 2. The highest BCUT2D eigenvalue weighted by Gasteiger charge is 2.27. The lowest BCUT2D eigenvalue weighted by Crippen LogP contribution is -2.48. The molecule has 2 fully saturated rings. The third kappa shape index (κ3) is 10.4. The first kappa shape index (κ1) is 41.2. The van der Waals surface area contributed by atoms with E-state index in [2.05, 4.69) is 106 Å². The van der Waals surface area contributed by atoms with Gasteiger partial charge in [-0.25, -0.2) is 4.98 Å². The van der Waals surface area contributed by atoms with Gasteiger partial charge in [0.25, 0.3) is 0 Å². The molecule has 1 saturated heterocycles. The van der Waals surface area contributed by atoms with E-state index in [-0.39, 0.29) is 12.1 Å². The van der Waals surface area contributed by atoms with Crippen molar-refractivity contribution < 1.29 is 9.90 Å². The predicted molar refractivity (Wildman–Crippen MR) is 235 cm³/mol. The van der Waals surface area contributed by atoms with E-state index < -0.39 is 0 Å². The van der Waals surface area contributed by atoms with Crippen LogP contribution in [0.4, 0.5) is 0 Å². The highest BCUT2D eigenvalue weighted by Crippen LogP contribution is 2.40. The molecule has 2 aliphatic rings. The Balaban J connectivity index is 1.03. The number of rotatable bonds is 16. The predicted octanol–water partition coefficient (Wildman–Crippen LogP) is 9.59. The Kier molecular flexibility index (Phi) is 14.7. The van der Waals surface area contributed by atoms with E-state index in [0.717, 1.165) is 122 Å². The number of unbranched alkanes of at least 4 members (excludes halogenated alkanes) is 7. The van der Waals surface area contributed by atoms with Gasteiger partial charge in [-0.05, 0) is 73.9 Å². The summed E-state index contributed by atoms with van der Waals surface area (Å²) in [5, 5.41) is 20.7. The average Bonchev–Trinajstić information content (AvgIpc) is 3.59. The Morgan fingerprint density at radius 2 is 1.50 bits per heavy atom. The molecule has 0 spiro atoms. The number of hydrogen-bond acceptors (Lipinski definition) is 5. The monoisotopic (exact) mass is 778 g/mol. The third-order valence-electron chi connectivity index (χ3n) is 12.2. The number of amides is 1. The lowest BCUT2D eigenvalue weighted by Gasteiger charge is -2.34. The molecule has 1 aliphatic heterocycles. The molecule has 3 heterocycles. The summed E-state index contributed by atoms with van der Waals surface area (Å²) in [5.41, 5.74) is 7.61. The summed E-state index contributed by atoms with van der Waals surface area (Å²) in [6.07, 6.45) is 16.0. The first-order valence-corrected chi connectivity index (χ1v) is 22.0. The van der Waals surface area contributed by atoms with Crippen molar-refractivity contribution in [2.75, 3.05) is 32.7 Å². The molecule has 1 saturated carbocycles. The fourth-order valence-electron chi connectivity index (χ4n) is 8.92. The normalized spacial score (nSPS) is 17.3. The molecular weight excluding hydrogens is 717 g/mol. The maximum atomic E-state index is 12.8. The van der Waals surface area contributed by atoms with Gasteiger partial charge in [0.1, 0.15) is 11.1 Å². The van der Waals surface area contributed by atoms with Gasteiger partial charge in [0, 0.05) is 62.7 Å². The van der Waals surface area contributed by atoms with E-state index in [1.54, 1.807) is 0 Å². The van der Waals surface area contributed by atoms with Crippen LogP contribution in [0.5, 0.6) is 0 Å². The van der Waals surface area contributed by atoms with E-state index >= 15 is 0 Å². The largest absolute Gasteiger partial charge is 0.393 e. The van der Waals surface area contributed by atoms with E-state index in [1.165, 1.54) is 38.5 Å². The Labute approximate surface area is 345 Å². The van der Waals surface area contributed by atoms with Crippen molar-refractivity contribution in [3.05, 3.63) is 108 Å². The second kappa shape index (κ2) is 20.6. The summed E-state index contributed by atoms with van der Waals surface area (Å²) >= 11 is 0. The number of aliphatic hydroxyl groups excluding tert-OH is 1. The molecule has 3 aromatic carbocycles. The zero-order valence-corrected chi connectivity index (χ0v) is 34.5. The minimum absolute atomic E-state index is 0.139. The number of nitrogens with zero attached hydrogens (tertiary/aromatic N) is 5. The van der Waals surface area contributed by atoms with Crippen LogP contribution in [0, 0.1) is 17.3 Å². The van der Waals surface area contributed by atoms with Gasteiger partial charge in [0.2, 0.25) is 5.91 Å². The van der Waals surface area contributed by atoms with Crippen LogP contribution in [0.25, 0.3) is 33.4 Å². The third-order valence-corrected chi connectivity index (χ3v) is 12.2. The van der Waals surface area contributed by atoms with E-state index in [0.29, 0.717) is 24.4 Å². The average molecular weight is 779 g/mol. The lowest BCUT2D eigenvalue weighted by molar-refractivity contribution is -0.133. The van der Waals surface area contributed by atoms with Crippen molar-refractivity contribution in [1.82, 2.24) is 23.9 Å². The second-order valence-corrected chi connectivity index (χ2v) is 16.4. The number of piperazine rings is 1. The number of aliphatic hydroxyl groups is 1. The van der Waals surface area contributed by atoms with Crippen LogP contribution >= 0.6 is 0 Å². The molecule has 0 unspecified atom stereocenters. The Bertz CT molecular complexity index is 2200. The number of benzene rings is 3. The minimum atomic E-state index is -0.261. The maximum absolute atomic E-state index is 12.8.